The Morgan fingerprint density at radius 1 is 1.12 bits per heavy atom. The summed E-state index contributed by atoms with van der Waals surface area (Å²) in [7, 11) is 0. The van der Waals surface area contributed by atoms with Crippen LogP contribution in [0.3, 0.4) is 0 Å². The number of anilines is 1. The maximum absolute atomic E-state index is 12.2. The van der Waals surface area contributed by atoms with Gasteiger partial charge in [-0.3, -0.25) is 0 Å². The molecule has 0 bridgehead atoms. The van der Waals surface area contributed by atoms with E-state index in [-0.39, 0.29) is 6.04 Å². The van der Waals surface area contributed by atoms with Crippen molar-refractivity contribution in [1.82, 2.24) is 10.2 Å². The minimum atomic E-state index is -4.43. The molecule has 0 unspecified atom stereocenters. The molecule has 2 rings (SSSR count). The van der Waals surface area contributed by atoms with Gasteiger partial charge in [0.2, 0.25) is 0 Å². The van der Waals surface area contributed by atoms with Crippen LogP contribution in [0.1, 0.15) is 18.5 Å². The highest BCUT2D eigenvalue weighted by atomic mass is 19.4. The van der Waals surface area contributed by atoms with Crippen LogP contribution in [0.5, 0.6) is 0 Å². The topological polar surface area (TPSA) is 37.8 Å². The molecule has 1 aliphatic carbocycles. The van der Waals surface area contributed by atoms with Gasteiger partial charge in [-0.2, -0.15) is 13.2 Å². The molecular formula is C10H10F3N3. The summed E-state index contributed by atoms with van der Waals surface area (Å²) in [5.41, 5.74) is -0.970. The number of hydrogen-bond donors (Lipinski definition) is 1. The van der Waals surface area contributed by atoms with Gasteiger partial charge in [0.25, 0.3) is 0 Å². The van der Waals surface area contributed by atoms with Crippen LogP contribution < -0.4 is 5.32 Å². The second kappa shape index (κ2) is 4.11. The quantitative estimate of drug-likeness (QED) is 0.792. The van der Waals surface area contributed by atoms with Crippen molar-refractivity contribution in [3.63, 3.8) is 0 Å². The Balaban J connectivity index is 2.02. The lowest BCUT2D eigenvalue weighted by atomic mass is 10.2. The summed E-state index contributed by atoms with van der Waals surface area (Å²) in [5, 5.41) is 9.65. The van der Waals surface area contributed by atoms with E-state index in [9.17, 15) is 13.2 Å². The highest BCUT2D eigenvalue weighted by Gasteiger charge is 2.32. The first kappa shape index (κ1) is 10.9. The predicted octanol–water partition coefficient (Wildman–Crippen LogP) is 2.63. The van der Waals surface area contributed by atoms with Gasteiger partial charge in [-0.1, -0.05) is 12.2 Å². The van der Waals surface area contributed by atoms with Gasteiger partial charge in [0.05, 0.1) is 0 Å². The van der Waals surface area contributed by atoms with Gasteiger partial charge in [-0.05, 0) is 25.0 Å². The molecule has 1 heterocycles. The predicted molar refractivity (Wildman–Crippen MR) is 52.8 cm³/mol. The Hall–Kier alpha value is -1.59. The average molecular weight is 229 g/mol. The number of nitrogens with zero attached hydrogens (tertiary/aromatic N) is 2. The van der Waals surface area contributed by atoms with Gasteiger partial charge < -0.3 is 5.32 Å². The van der Waals surface area contributed by atoms with Gasteiger partial charge in [0.15, 0.2) is 5.69 Å². The van der Waals surface area contributed by atoms with E-state index in [4.69, 9.17) is 0 Å². The number of hydrogen-bond acceptors (Lipinski definition) is 3. The molecule has 1 aromatic rings. The second-order valence-corrected chi connectivity index (χ2v) is 3.59. The van der Waals surface area contributed by atoms with Crippen LogP contribution in [0.4, 0.5) is 19.0 Å². The zero-order valence-electron chi connectivity index (χ0n) is 8.33. The lowest BCUT2D eigenvalue weighted by molar-refractivity contribution is -0.141. The van der Waals surface area contributed by atoms with Crippen molar-refractivity contribution in [3.05, 3.63) is 30.0 Å². The second-order valence-electron chi connectivity index (χ2n) is 3.59. The van der Waals surface area contributed by atoms with E-state index >= 15 is 0 Å². The van der Waals surface area contributed by atoms with Crippen molar-refractivity contribution < 1.29 is 13.2 Å². The first-order valence-electron chi connectivity index (χ1n) is 4.88. The fourth-order valence-electron chi connectivity index (χ4n) is 1.50. The normalized spacial score (nSPS) is 16.7. The first-order chi connectivity index (χ1) is 7.55. The standard InChI is InChI=1S/C10H10F3N3/c11-10(12,13)8-5-6-9(16-15-8)14-7-3-1-2-4-7/h1-2,5-7H,3-4H2,(H,14,16). The lowest BCUT2D eigenvalue weighted by Crippen LogP contribution is -2.17. The lowest BCUT2D eigenvalue weighted by Gasteiger charge is -2.12. The molecule has 0 amide bonds. The van der Waals surface area contributed by atoms with Crippen molar-refractivity contribution in [2.24, 2.45) is 0 Å². The molecule has 1 aromatic heterocycles. The molecule has 0 aliphatic heterocycles. The monoisotopic (exact) mass is 229 g/mol. The van der Waals surface area contributed by atoms with E-state index in [1.54, 1.807) is 0 Å². The summed E-state index contributed by atoms with van der Waals surface area (Å²) in [4.78, 5) is 0. The van der Waals surface area contributed by atoms with E-state index in [0.717, 1.165) is 18.9 Å². The molecule has 0 saturated carbocycles. The smallest absolute Gasteiger partial charge is 0.365 e. The van der Waals surface area contributed by atoms with Crippen molar-refractivity contribution in [3.8, 4) is 0 Å². The van der Waals surface area contributed by atoms with Crippen LogP contribution in [0.15, 0.2) is 24.3 Å². The molecule has 0 atom stereocenters. The number of nitrogens with one attached hydrogen (secondary N) is 1. The maximum atomic E-state index is 12.2. The fraction of sp³-hybridized carbons (Fsp3) is 0.400. The summed E-state index contributed by atoms with van der Waals surface area (Å²) in [6.07, 6.45) is 1.34. The molecule has 0 saturated heterocycles. The largest absolute Gasteiger partial charge is 0.435 e. The van der Waals surface area contributed by atoms with E-state index in [2.05, 4.69) is 15.5 Å². The van der Waals surface area contributed by atoms with Crippen molar-refractivity contribution in [2.45, 2.75) is 25.1 Å². The van der Waals surface area contributed by atoms with Crippen molar-refractivity contribution in [1.29, 1.82) is 0 Å². The molecule has 0 radical (unpaired) electrons. The molecule has 3 nitrogen and oxygen atoms in total. The maximum Gasteiger partial charge on any atom is 0.435 e. The van der Waals surface area contributed by atoms with Crippen LogP contribution in [0.25, 0.3) is 0 Å². The number of rotatable bonds is 2. The molecule has 1 N–H and O–H groups in total. The molecule has 16 heavy (non-hydrogen) atoms. The van der Waals surface area contributed by atoms with Gasteiger partial charge >= 0.3 is 6.18 Å². The van der Waals surface area contributed by atoms with Gasteiger partial charge in [-0.25, -0.2) is 0 Å². The van der Waals surface area contributed by atoms with E-state index in [1.807, 2.05) is 12.2 Å². The highest BCUT2D eigenvalue weighted by Crippen LogP contribution is 2.27. The van der Waals surface area contributed by atoms with Crippen molar-refractivity contribution >= 4 is 5.82 Å². The van der Waals surface area contributed by atoms with Crippen LogP contribution in [-0.4, -0.2) is 16.2 Å². The third-order valence-electron chi connectivity index (χ3n) is 2.31. The van der Waals surface area contributed by atoms with Crippen molar-refractivity contribution in [2.75, 3.05) is 5.32 Å². The van der Waals surface area contributed by atoms with E-state index in [0.29, 0.717) is 5.82 Å². The number of aromatic nitrogens is 2. The van der Waals surface area contributed by atoms with E-state index < -0.39 is 11.9 Å². The first-order valence-corrected chi connectivity index (χ1v) is 4.88. The summed E-state index contributed by atoms with van der Waals surface area (Å²) >= 11 is 0. The van der Waals surface area contributed by atoms with Crippen LogP contribution in [0.2, 0.25) is 0 Å². The number of alkyl halides is 3. The molecule has 0 aromatic carbocycles. The van der Waals surface area contributed by atoms with Crippen LogP contribution in [0, 0.1) is 0 Å². The molecule has 6 heteroatoms. The fourth-order valence-corrected chi connectivity index (χ4v) is 1.50. The van der Waals surface area contributed by atoms with Crippen LogP contribution >= 0.6 is 0 Å². The summed E-state index contributed by atoms with van der Waals surface area (Å²) < 4.78 is 36.6. The molecule has 1 aliphatic rings. The van der Waals surface area contributed by atoms with E-state index in [1.165, 1.54) is 6.07 Å². The average Bonchev–Trinajstić information content (AvgIpc) is 2.70. The Morgan fingerprint density at radius 3 is 2.31 bits per heavy atom. The minimum absolute atomic E-state index is 0.214. The Morgan fingerprint density at radius 2 is 1.81 bits per heavy atom. The Kier molecular flexibility index (Phi) is 2.80. The van der Waals surface area contributed by atoms with Gasteiger partial charge in [0, 0.05) is 6.04 Å². The third-order valence-corrected chi connectivity index (χ3v) is 2.31. The summed E-state index contributed by atoms with van der Waals surface area (Å²) in [6.45, 7) is 0. The molecular weight excluding hydrogens is 219 g/mol. The molecule has 0 fully saturated rings. The SMILES string of the molecule is FC(F)(F)c1ccc(NC2CC=CC2)nn1. The number of halogens is 3. The Labute approximate surface area is 90.4 Å². The minimum Gasteiger partial charge on any atom is -0.365 e. The zero-order valence-corrected chi connectivity index (χ0v) is 8.33. The van der Waals surface area contributed by atoms with Gasteiger partial charge in [0.1, 0.15) is 5.82 Å². The summed E-state index contributed by atoms with van der Waals surface area (Å²) in [5.74, 6) is 0.377. The highest BCUT2D eigenvalue weighted by molar-refractivity contribution is 5.35. The molecule has 86 valence electrons. The molecule has 0 spiro atoms. The zero-order chi connectivity index (χ0) is 11.6. The third kappa shape index (κ3) is 2.50. The van der Waals surface area contributed by atoms with Crippen LogP contribution in [-0.2, 0) is 6.18 Å². The van der Waals surface area contributed by atoms with Gasteiger partial charge in [-0.15, -0.1) is 10.2 Å². The Bertz CT molecular complexity index is 375. The summed E-state index contributed by atoms with van der Waals surface area (Å²) in [6, 6.07) is 2.44.